The maximum Gasteiger partial charge on any atom is 0.288 e. The summed E-state index contributed by atoms with van der Waals surface area (Å²) < 4.78 is 0. The van der Waals surface area contributed by atoms with E-state index >= 15 is 0 Å². The molecule has 2 N–H and O–H groups in total. The molecule has 1 saturated heterocycles. The first-order valence-corrected chi connectivity index (χ1v) is 18.8. The van der Waals surface area contributed by atoms with Gasteiger partial charge in [-0.3, -0.25) is 29.0 Å². The van der Waals surface area contributed by atoms with E-state index in [9.17, 15) is 24.0 Å². The van der Waals surface area contributed by atoms with E-state index < -0.39 is 35.0 Å². The topological polar surface area (TPSA) is 138 Å². The molecular weight excluding hydrogens is 642 g/mol. The highest BCUT2D eigenvalue weighted by Crippen LogP contribution is 2.45. The summed E-state index contributed by atoms with van der Waals surface area (Å²) in [6.45, 7) is 16.7. The second-order valence-electron chi connectivity index (χ2n) is 16.9. The van der Waals surface area contributed by atoms with Gasteiger partial charge in [0, 0.05) is 43.2 Å². The Morgan fingerprint density at radius 2 is 1.61 bits per heavy atom. The number of carbonyl (C=O) groups excluding carboxylic acids is 5. The van der Waals surface area contributed by atoms with Crippen LogP contribution in [0.4, 0.5) is 0 Å². The van der Waals surface area contributed by atoms with Gasteiger partial charge in [0.1, 0.15) is 5.69 Å². The van der Waals surface area contributed by atoms with Crippen LogP contribution in [-0.4, -0.2) is 62.8 Å². The van der Waals surface area contributed by atoms with Gasteiger partial charge in [0.05, 0.1) is 18.3 Å². The third-order valence-electron chi connectivity index (χ3n) is 11.1. The van der Waals surface area contributed by atoms with Gasteiger partial charge >= 0.3 is 0 Å². The summed E-state index contributed by atoms with van der Waals surface area (Å²) in [6, 6.07) is 8.26. The molecule has 51 heavy (non-hydrogen) atoms. The molecule has 0 spiro atoms. The van der Waals surface area contributed by atoms with Crippen LogP contribution < -0.4 is 10.6 Å². The van der Waals surface area contributed by atoms with Gasteiger partial charge in [-0.15, -0.1) is 0 Å². The van der Waals surface area contributed by atoms with Crippen molar-refractivity contribution in [2.24, 2.45) is 34.5 Å². The Labute approximate surface area is 304 Å². The highest BCUT2D eigenvalue weighted by Gasteiger charge is 2.51. The van der Waals surface area contributed by atoms with E-state index in [1.165, 1.54) is 18.6 Å². The number of hydrogen-bond acceptors (Lipinski definition) is 7. The van der Waals surface area contributed by atoms with E-state index in [2.05, 4.69) is 62.1 Å². The van der Waals surface area contributed by atoms with E-state index in [0.717, 1.165) is 24.8 Å². The predicted octanol–water partition coefficient (Wildman–Crippen LogP) is 6.51. The molecule has 7 atom stereocenters. The number of nitrogens with zero attached hydrogens (tertiary/aromatic N) is 3. The van der Waals surface area contributed by atoms with Crippen LogP contribution in [-0.2, 0) is 19.2 Å². The number of fused-ring (bicyclic) bond motifs is 1. The summed E-state index contributed by atoms with van der Waals surface area (Å²) >= 11 is 0. The van der Waals surface area contributed by atoms with Crippen LogP contribution in [0, 0.1) is 34.5 Å². The number of nitrogens with one attached hydrogen (secondary N) is 2. The standard InChI is InChI=1S/C41H59N5O5/c1-9-14-28(36(48)38(50)44-26(2)27-15-11-10-12-16-27)23-33(47)35-30-18-13-17-29(30)25-46(35)39(51)31(40(3,4)5)19-20-34(41(6,7)8)45-37(49)32-24-42-21-22-43-32/h10-12,15-16,21-22,24,26,28-31,34-35H,9,13-14,17-20,23,25H2,1-8H3,(H,44,50)(H,45,49)/t26-,28+,29-,30-,31+,34+,35-/m0/s1. The van der Waals surface area contributed by atoms with Crippen LogP contribution in [0.5, 0.6) is 0 Å². The largest absolute Gasteiger partial charge is 0.347 e. The fourth-order valence-electron chi connectivity index (χ4n) is 8.09. The number of likely N-dealkylation sites (tertiary alicyclic amines) is 1. The quantitative estimate of drug-likeness (QED) is 0.202. The van der Waals surface area contributed by atoms with Gasteiger partial charge in [-0.25, -0.2) is 4.98 Å². The normalized spacial score (nSPS) is 21.3. The van der Waals surface area contributed by atoms with Crippen molar-refractivity contribution < 1.29 is 24.0 Å². The molecule has 1 saturated carbocycles. The fourth-order valence-corrected chi connectivity index (χ4v) is 8.09. The molecule has 2 fully saturated rings. The maximum absolute atomic E-state index is 14.7. The Kier molecular flexibility index (Phi) is 13.3. The highest BCUT2D eigenvalue weighted by atomic mass is 16.2. The molecule has 2 heterocycles. The van der Waals surface area contributed by atoms with E-state index in [1.54, 1.807) is 0 Å². The van der Waals surface area contributed by atoms with E-state index in [1.807, 2.05) is 49.1 Å². The molecule has 278 valence electrons. The van der Waals surface area contributed by atoms with Gasteiger partial charge in [-0.2, -0.15) is 0 Å². The number of ketones is 2. The summed E-state index contributed by atoms with van der Waals surface area (Å²) in [6.07, 6.45) is 9.40. The average molecular weight is 702 g/mol. The van der Waals surface area contributed by atoms with E-state index in [-0.39, 0.29) is 59.0 Å². The van der Waals surface area contributed by atoms with Gasteiger partial charge < -0.3 is 15.5 Å². The monoisotopic (exact) mass is 701 g/mol. The van der Waals surface area contributed by atoms with Crippen molar-refractivity contribution in [3.05, 3.63) is 60.2 Å². The van der Waals surface area contributed by atoms with Crippen LogP contribution in [0.1, 0.15) is 129 Å². The van der Waals surface area contributed by atoms with Crippen molar-refractivity contribution in [2.45, 2.75) is 125 Å². The summed E-state index contributed by atoms with van der Waals surface area (Å²) in [7, 11) is 0. The zero-order valence-corrected chi connectivity index (χ0v) is 31.9. The Bertz CT molecular complexity index is 1520. The number of carbonyl (C=O) groups is 5. The molecule has 0 unspecified atom stereocenters. The molecule has 1 aliphatic heterocycles. The lowest BCUT2D eigenvalue weighted by atomic mass is 9.74. The Morgan fingerprint density at radius 1 is 0.902 bits per heavy atom. The number of aromatic nitrogens is 2. The summed E-state index contributed by atoms with van der Waals surface area (Å²) in [5, 5.41) is 5.97. The molecule has 3 amide bonds. The second-order valence-corrected chi connectivity index (χ2v) is 16.9. The Hall–Kier alpha value is -3.95. The third-order valence-corrected chi connectivity index (χ3v) is 11.1. The lowest BCUT2D eigenvalue weighted by Crippen LogP contribution is -2.50. The van der Waals surface area contributed by atoms with Crippen LogP contribution in [0.15, 0.2) is 48.9 Å². The number of rotatable bonds is 15. The maximum atomic E-state index is 14.7. The van der Waals surface area contributed by atoms with Gasteiger partial charge in [0.25, 0.3) is 11.8 Å². The predicted molar refractivity (Wildman–Crippen MR) is 197 cm³/mol. The molecule has 1 aliphatic carbocycles. The van der Waals surface area contributed by atoms with Gasteiger partial charge in [0.2, 0.25) is 11.7 Å². The summed E-state index contributed by atoms with van der Waals surface area (Å²) in [5.74, 6) is -2.57. The third kappa shape index (κ3) is 10.1. The first-order valence-electron chi connectivity index (χ1n) is 18.8. The van der Waals surface area contributed by atoms with E-state index in [0.29, 0.717) is 32.2 Å². The lowest BCUT2D eigenvalue weighted by Gasteiger charge is -2.38. The number of amides is 3. The van der Waals surface area contributed by atoms with Crippen molar-refractivity contribution in [3.8, 4) is 0 Å². The van der Waals surface area contributed by atoms with Crippen LogP contribution in [0.25, 0.3) is 0 Å². The van der Waals surface area contributed by atoms with Crippen molar-refractivity contribution >= 4 is 29.3 Å². The minimum Gasteiger partial charge on any atom is -0.347 e. The number of benzene rings is 1. The summed E-state index contributed by atoms with van der Waals surface area (Å²) in [5.41, 5.74) is 0.430. The molecule has 4 rings (SSSR count). The first kappa shape index (κ1) is 39.8. The minimum absolute atomic E-state index is 0.0454. The van der Waals surface area contributed by atoms with Crippen molar-refractivity contribution in [2.75, 3.05) is 6.54 Å². The molecule has 2 aliphatic rings. The minimum atomic E-state index is -0.744. The van der Waals surface area contributed by atoms with Crippen LogP contribution >= 0.6 is 0 Å². The van der Waals surface area contributed by atoms with Crippen LogP contribution in [0.2, 0.25) is 0 Å². The number of Topliss-reactive ketones (excluding diaryl/α,β-unsaturated/α-hetero) is 2. The zero-order valence-electron chi connectivity index (χ0n) is 31.9. The fraction of sp³-hybridized carbons (Fsp3) is 0.634. The summed E-state index contributed by atoms with van der Waals surface area (Å²) in [4.78, 5) is 78.8. The Morgan fingerprint density at radius 3 is 2.22 bits per heavy atom. The molecule has 10 heteroatoms. The lowest BCUT2D eigenvalue weighted by molar-refractivity contribution is -0.146. The molecule has 10 nitrogen and oxygen atoms in total. The highest BCUT2D eigenvalue weighted by molar-refractivity contribution is 6.37. The molecule has 1 aromatic heterocycles. The van der Waals surface area contributed by atoms with E-state index in [4.69, 9.17) is 0 Å². The molecule has 1 aromatic carbocycles. The molecular formula is C41H59N5O5. The average Bonchev–Trinajstić information content (AvgIpc) is 3.69. The van der Waals surface area contributed by atoms with Crippen molar-refractivity contribution in [1.29, 1.82) is 0 Å². The van der Waals surface area contributed by atoms with Gasteiger partial charge in [-0.1, -0.05) is 91.6 Å². The smallest absolute Gasteiger partial charge is 0.288 e. The molecule has 0 radical (unpaired) electrons. The zero-order chi connectivity index (χ0) is 37.5. The Balaban J connectivity index is 1.51. The van der Waals surface area contributed by atoms with Crippen molar-refractivity contribution in [1.82, 2.24) is 25.5 Å². The van der Waals surface area contributed by atoms with Gasteiger partial charge in [-0.05, 0) is 67.3 Å². The molecule has 2 aromatic rings. The first-order chi connectivity index (χ1) is 24.0. The second kappa shape index (κ2) is 17.0. The SMILES string of the molecule is CCC[C@H](CC(=O)[C@@H]1[C@H]2CCC[C@H]2CN1C(=O)[C@@H](CC[C@@H](NC(=O)c1cnccn1)C(C)(C)C)C(C)(C)C)C(=O)C(=O)N[C@@H](C)c1ccccc1. The van der Waals surface area contributed by atoms with Crippen molar-refractivity contribution in [3.63, 3.8) is 0 Å². The van der Waals surface area contributed by atoms with Gasteiger partial charge in [0.15, 0.2) is 5.78 Å². The number of hydrogen-bond donors (Lipinski definition) is 2. The van der Waals surface area contributed by atoms with Crippen LogP contribution in [0.3, 0.4) is 0 Å². The molecule has 0 bridgehead atoms.